The summed E-state index contributed by atoms with van der Waals surface area (Å²) >= 11 is 0. The third-order valence-electron chi connectivity index (χ3n) is 4.89. The first-order valence-electron chi connectivity index (χ1n) is 7.09. The molecule has 98 valence electrons. The number of hydrogen-bond acceptors (Lipinski definition) is 1. The molecule has 0 atom stereocenters. The number of nitrogens with zero attached hydrogens (tertiary/aromatic N) is 1. The van der Waals surface area contributed by atoms with Gasteiger partial charge < -0.3 is 4.90 Å². The summed E-state index contributed by atoms with van der Waals surface area (Å²) in [5.74, 6) is -0.0783. The largest absolute Gasteiger partial charge is 0.301 e. The van der Waals surface area contributed by atoms with Gasteiger partial charge in [0.05, 0.1) is 0 Å². The fourth-order valence-corrected chi connectivity index (χ4v) is 3.67. The van der Waals surface area contributed by atoms with Crippen LogP contribution in [0.3, 0.4) is 0 Å². The molecule has 1 aromatic rings. The Morgan fingerprint density at radius 2 is 1.78 bits per heavy atom. The van der Waals surface area contributed by atoms with Crippen molar-refractivity contribution in [3.8, 4) is 0 Å². The number of benzene rings is 1. The van der Waals surface area contributed by atoms with Gasteiger partial charge in [-0.2, -0.15) is 0 Å². The van der Waals surface area contributed by atoms with Gasteiger partial charge in [0.2, 0.25) is 0 Å². The van der Waals surface area contributed by atoms with E-state index in [1.54, 1.807) is 12.1 Å². The Kier molecular flexibility index (Phi) is 2.93. The van der Waals surface area contributed by atoms with Gasteiger partial charge in [0.1, 0.15) is 5.82 Å². The van der Waals surface area contributed by atoms with Crippen molar-refractivity contribution in [3.63, 3.8) is 0 Å². The molecule has 0 radical (unpaired) electrons. The molecule has 1 fully saturated rings. The molecule has 2 heteroatoms. The van der Waals surface area contributed by atoms with Gasteiger partial charge in [0.15, 0.2) is 0 Å². The van der Waals surface area contributed by atoms with Crippen molar-refractivity contribution in [3.05, 3.63) is 35.1 Å². The van der Waals surface area contributed by atoms with E-state index in [1.807, 2.05) is 6.07 Å². The SMILES string of the molecule is CC(C)N1CCC2(CC1)Cc1ccc(F)cc1C2. The highest BCUT2D eigenvalue weighted by Gasteiger charge is 2.40. The molecule has 0 bridgehead atoms. The molecule has 0 saturated carbocycles. The summed E-state index contributed by atoms with van der Waals surface area (Å²) in [4.78, 5) is 2.56. The Labute approximate surface area is 109 Å². The molecule has 0 unspecified atom stereocenters. The van der Waals surface area contributed by atoms with Crippen molar-refractivity contribution in [2.75, 3.05) is 13.1 Å². The van der Waals surface area contributed by atoms with Crippen molar-refractivity contribution in [2.45, 2.75) is 45.6 Å². The van der Waals surface area contributed by atoms with Crippen molar-refractivity contribution in [2.24, 2.45) is 5.41 Å². The van der Waals surface area contributed by atoms with Gasteiger partial charge in [-0.05, 0) is 81.3 Å². The van der Waals surface area contributed by atoms with Crippen LogP contribution < -0.4 is 0 Å². The zero-order valence-corrected chi connectivity index (χ0v) is 11.4. The fourth-order valence-electron chi connectivity index (χ4n) is 3.67. The molecule has 1 aromatic carbocycles. The molecule has 1 spiro atoms. The summed E-state index contributed by atoms with van der Waals surface area (Å²) in [7, 11) is 0. The lowest BCUT2D eigenvalue weighted by Gasteiger charge is -2.41. The van der Waals surface area contributed by atoms with Crippen molar-refractivity contribution < 1.29 is 4.39 Å². The van der Waals surface area contributed by atoms with Gasteiger partial charge in [-0.1, -0.05) is 6.07 Å². The Balaban J connectivity index is 1.74. The van der Waals surface area contributed by atoms with Gasteiger partial charge >= 0.3 is 0 Å². The highest BCUT2D eigenvalue weighted by Crippen LogP contribution is 2.44. The van der Waals surface area contributed by atoms with Crippen LogP contribution in [-0.4, -0.2) is 24.0 Å². The average molecular weight is 247 g/mol. The first-order valence-corrected chi connectivity index (χ1v) is 7.09. The smallest absolute Gasteiger partial charge is 0.123 e. The van der Waals surface area contributed by atoms with Crippen LogP contribution in [0.2, 0.25) is 0 Å². The van der Waals surface area contributed by atoms with E-state index >= 15 is 0 Å². The minimum absolute atomic E-state index is 0.0783. The van der Waals surface area contributed by atoms with Gasteiger partial charge in [-0.3, -0.25) is 0 Å². The molecule has 0 aromatic heterocycles. The normalized spacial score (nSPS) is 22.7. The molecule has 0 amide bonds. The molecule has 1 aliphatic heterocycles. The van der Waals surface area contributed by atoms with E-state index in [-0.39, 0.29) is 5.82 Å². The monoisotopic (exact) mass is 247 g/mol. The molecule has 1 nitrogen and oxygen atoms in total. The Hall–Kier alpha value is -0.890. The molecule has 2 aliphatic rings. The average Bonchev–Trinajstić information content (AvgIpc) is 2.66. The number of halogens is 1. The molecule has 1 heterocycles. The summed E-state index contributed by atoms with van der Waals surface area (Å²) in [5, 5.41) is 0. The molecular weight excluding hydrogens is 225 g/mol. The van der Waals surface area contributed by atoms with E-state index in [0.717, 1.165) is 12.8 Å². The Morgan fingerprint density at radius 1 is 1.11 bits per heavy atom. The van der Waals surface area contributed by atoms with Gasteiger partial charge in [-0.25, -0.2) is 4.39 Å². The zero-order valence-electron chi connectivity index (χ0n) is 11.4. The molecular formula is C16H22FN. The van der Waals surface area contributed by atoms with Gasteiger partial charge in [0, 0.05) is 6.04 Å². The number of rotatable bonds is 1. The molecule has 3 rings (SSSR count). The molecule has 1 aliphatic carbocycles. The van der Waals surface area contributed by atoms with E-state index in [1.165, 1.54) is 37.1 Å². The zero-order chi connectivity index (χ0) is 12.8. The highest BCUT2D eigenvalue weighted by molar-refractivity contribution is 5.35. The predicted molar refractivity (Wildman–Crippen MR) is 72.2 cm³/mol. The van der Waals surface area contributed by atoms with E-state index in [4.69, 9.17) is 0 Å². The second-order valence-corrected chi connectivity index (χ2v) is 6.40. The number of hydrogen-bond donors (Lipinski definition) is 0. The number of likely N-dealkylation sites (tertiary alicyclic amines) is 1. The molecule has 18 heavy (non-hydrogen) atoms. The Bertz CT molecular complexity index is 444. The minimum atomic E-state index is -0.0783. The van der Waals surface area contributed by atoms with Crippen LogP contribution in [0, 0.1) is 11.2 Å². The minimum Gasteiger partial charge on any atom is -0.301 e. The third-order valence-corrected chi connectivity index (χ3v) is 4.89. The van der Waals surface area contributed by atoms with Crippen LogP contribution >= 0.6 is 0 Å². The van der Waals surface area contributed by atoms with E-state index in [9.17, 15) is 4.39 Å². The lowest BCUT2D eigenvalue weighted by molar-refractivity contribution is 0.0895. The molecule has 0 N–H and O–H groups in total. The van der Waals surface area contributed by atoms with Crippen LogP contribution in [0.15, 0.2) is 18.2 Å². The van der Waals surface area contributed by atoms with Gasteiger partial charge in [0.25, 0.3) is 0 Å². The topological polar surface area (TPSA) is 3.24 Å². The lowest BCUT2D eigenvalue weighted by atomic mass is 9.76. The maximum atomic E-state index is 13.3. The van der Waals surface area contributed by atoms with Crippen LogP contribution in [0.4, 0.5) is 4.39 Å². The maximum absolute atomic E-state index is 13.3. The number of fused-ring (bicyclic) bond motifs is 1. The van der Waals surface area contributed by atoms with Crippen molar-refractivity contribution in [1.29, 1.82) is 0 Å². The maximum Gasteiger partial charge on any atom is 0.123 e. The van der Waals surface area contributed by atoms with Crippen molar-refractivity contribution >= 4 is 0 Å². The van der Waals surface area contributed by atoms with E-state index in [0.29, 0.717) is 11.5 Å². The fraction of sp³-hybridized carbons (Fsp3) is 0.625. The van der Waals surface area contributed by atoms with Crippen LogP contribution in [0.1, 0.15) is 37.8 Å². The second-order valence-electron chi connectivity index (χ2n) is 6.40. The lowest BCUT2D eigenvalue weighted by Crippen LogP contribution is -2.43. The summed E-state index contributed by atoms with van der Waals surface area (Å²) in [6.45, 7) is 6.95. The predicted octanol–water partition coefficient (Wildman–Crippen LogP) is 3.41. The summed E-state index contributed by atoms with van der Waals surface area (Å²) < 4.78 is 13.3. The summed E-state index contributed by atoms with van der Waals surface area (Å²) in [5.41, 5.74) is 3.07. The van der Waals surface area contributed by atoms with Crippen LogP contribution in [0.5, 0.6) is 0 Å². The second kappa shape index (κ2) is 4.34. The number of piperidine rings is 1. The standard InChI is InChI=1S/C16H22FN/c1-12(2)18-7-5-16(6-8-18)10-13-3-4-15(17)9-14(13)11-16/h3-4,9,12H,5-8,10-11H2,1-2H3. The van der Waals surface area contributed by atoms with E-state index in [2.05, 4.69) is 18.7 Å². The molecule has 1 saturated heterocycles. The van der Waals surface area contributed by atoms with Crippen LogP contribution in [0.25, 0.3) is 0 Å². The highest BCUT2D eigenvalue weighted by atomic mass is 19.1. The summed E-state index contributed by atoms with van der Waals surface area (Å²) in [6, 6.07) is 6.01. The third kappa shape index (κ3) is 2.07. The Morgan fingerprint density at radius 3 is 2.44 bits per heavy atom. The summed E-state index contributed by atoms with van der Waals surface area (Å²) in [6.07, 6.45) is 4.78. The van der Waals surface area contributed by atoms with Crippen molar-refractivity contribution in [1.82, 2.24) is 4.90 Å². The quantitative estimate of drug-likeness (QED) is 0.735. The first-order chi connectivity index (χ1) is 8.58. The first kappa shape index (κ1) is 12.2. The van der Waals surface area contributed by atoms with Crippen LogP contribution in [-0.2, 0) is 12.8 Å². The van der Waals surface area contributed by atoms with Gasteiger partial charge in [-0.15, -0.1) is 0 Å². The van der Waals surface area contributed by atoms with E-state index < -0.39 is 0 Å².